The summed E-state index contributed by atoms with van der Waals surface area (Å²) in [6.45, 7) is 4.11. The molecule has 0 unspecified atom stereocenters. The summed E-state index contributed by atoms with van der Waals surface area (Å²) in [4.78, 5) is 39.5. The Hall–Kier alpha value is -4.65. The number of para-hydroxylation sites is 1. The van der Waals surface area contributed by atoms with E-state index in [1.807, 2.05) is 12.1 Å². The van der Waals surface area contributed by atoms with Crippen molar-refractivity contribution in [2.24, 2.45) is 0 Å². The molecule has 7 nitrogen and oxygen atoms in total. The Balaban J connectivity index is 1.94. The molecular formula is C29H24O7. The van der Waals surface area contributed by atoms with E-state index in [1.165, 1.54) is 26.4 Å². The van der Waals surface area contributed by atoms with E-state index in [9.17, 15) is 19.5 Å². The van der Waals surface area contributed by atoms with Crippen LogP contribution in [0.4, 0.5) is 0 Å². The Morgan fingerprint density at radius 2 is 1.61 bits per heavy atom. The van der Waals surface area contributed by atoms with Gasteiger partial charge in [0.2, 0.25) is 0 Å². The van der Waals surface area contributed by atoms with E-state index < -0.39 is 17.5 Å². The number of carbonyl (C=O) groups excluding carboxylic acids is 2. The van der Waals surface area contributed by atoms with Crippen LogP contribution in [0.1, 0.15) is 59.7 Å². The first-order valence-corrected chi connectivity index (χ1v) is 11.2. The quantitative estimate of drug-likeness (QED) is 0.195. The van der Waals surface area contributed by atoms with E-state index in [0.29, 0.717) is 24.3 Å². The van der Waals surface area contributed by atoms with Crippen molar-refractivity contribution >= 4 is 29.7 Å². The summed E-state index contributed by atoms with van der Waals surface area (Å²) in [6.07, 6.45) is 5.56. The van der Waals surface area contributed by atoms with Crippen molar-refractivity contribution in [3.8, 4) is 17.2 Å². The molecule has 0 heterocycles. The Bertz CT molecular complexity index is 1420. The predicted molar refractivity (Wildman–Crippen MR) is 135 cm³/mol. The van der Waals surface area contributed by atoms with Crippen LogP contribution in [0.2, 0.25) is 0 Å². The van der Waals surface area contributed by atoms with Gasteiger partial charge in [-0.25, -0.2) is 4.79 Å². The molecule has 182 valence electrons. The molecule has 0 saturated carbocycles. The second-order valence-corrected chi connectivity index (χ2v) is 7.93. The standard InChI is InChI=1S/C29H24O7/c1-4-5-15-36-21-11-7-6-9-17(21)13-14-18-24-20(16-23(35-3)26(18)29(32)33)27(30)19-10-8-12-22(34-2)25(19)28(24)31/h4,6-14,16H,1,5,15H2,2-3H3,(H,32,33)/b14-13+. The Kier molecular flexibility index (Phi) is 7.01. The van der Waals surface area contributed by atoms with E-state index in [0.717, 1.165) is 0 Å². The molecule has 0 aliphatic heterocycles. The number of methoxy groups -OCH3 is 2. The summed E-state index contributed by atoms with van der Waals surface area (Å²) in [5.41, 5.74) is 0.843. The molecule has 1 aliphatic carbocycles. The Morgan fingerprint density at radius 1 is 0.889 bits per heavy atom. The summed E-state index contributed by atoms with van der Waals surface area (Å²) in [5.74, 6) is -1.42. The molecule has 0 aromatic heterocycles. The highest BCUT2D eigenvalue weighted by Gasteiger charge is 2.37. The average molecular weight is 485 g/mol. The van der Waals surface area contributed by atoms with Crippen LogP contribution in [-0.2, 0) is 0 Å². The molecule has 0 atom stereocenters. The van der Waals surface area contributed by atoms with E-state index in [4.69, 9.17) is 14.2 Å². The summed E-state index contributed by atoms with van der Waals surface area (Å²) in [7, 11) is 2.72. The highest BCUT2D eigenvalue weighted by atomic mass is 16.5. The van der Waals surface area contributed by atoms with E-state index in [1.54, 1.807) is 42.5 Å². The van der Waals surface area contributed by atoms with Gasteiger partial charge in [-0.05, 0) is 24.6 Å². The number of benzene rings is 3. The Morgan fingerprint density at radius 3 is 2.31 bits per heavy atom. The SMILES string of the molecule is C=CCCOc1ccccc1/C=C/c1c(C(=O)O)c(OC)cc2c1C(=O)c1c(OC)cccc1C2=O. The van der Waals surface area contributed by atoms with Gasteiger partial charge < -0.3 is 19.3 Å². The largest absolute Gasteiger partial charge is 0.496 e. The molecule has 0 radical (unpaired) electrons. The van der Waals surface area contributed by atoms with E-state index in [2.05, 4.69) is 6.58 Å². The summed E-state index contributed by atoms with van der Waals surface area (Å²) < 4.78 is 16.5. The first-order chi connectivity index (χ1) is 17.4. The van der Waals surface area contributed by atoms with Crippen molar-refractivity contribution in [2.75, 3.05) is 20.8 Å². The van der Waals surface area contributed by atoms with Crippen molar-refractivity contribution in [3.05, 3.63) is 100 Å². The maximum absolute atomic E-state index is 13.7. The van der Waals surface area contributed by atoms with E-state index in [-0.39, 0.29) is 44.9 Å². The molecule has 36 heavy (non-hydrogen) atoms. The fourth-order valence-electron chi connectivity index (χ4n) is 4.22. The van der Waals surface area contributed by atoms with Gasteiger partial charge in [0.25, 0.3) is 0 Å². The number of carboxylic acids is 1. The third-order valence-corrected chi connectivity index (χ3v) is 5.88. The van der Waals surface area contributed by atoms with Crippen molar-refractivity contribution in [1.29, 1.82) is 0 Å². The van der Waals surface area contributed by atoms with Gasteiger partial charge in [0.15, 0.2) is 11.6 Å². The number of hydrogen-bond acceptors (Lipinski definition) is 6. The molecule has 3 aromatic rings. The molecule has 3 aromatic carbocycles. The number of rotatable bonds is 9. The smallest absolute Gasteiger partial charge is 0.340 e. The molecule has 0 bridgehead atoms. The van der Waals surface area contributed by atoms with Gasteiger partial charge in [0.05, 0.1) is 26.4 Å². The van der Waals surface area contributed by atoms with Gasteiger partial charge in [-0.15, -0.1) is 6.58 Å². The van der Waals surface area contributed by atoms with Crippen LogP contribution >= 0.6 is 0 Å². The summed E-state index contributed by atoms with van der Waals surface area (Å²) in [6, 6.07) is 13.3. The van der Waals surface area contributed by atoms with Crippen LogP contribution in [0, 0.1) is 0 Å². The first-order valence-electron chi connectivity index (χ1n) is 11.2. The lowest BCUT2D eigenvalue weighted by atomic mass is 9.79. The normalized spacial score (nSPS) is 12.2. The number of ether oxygens (including phenoxy) is 3. The van der Waals surface area contributed by atoms with E-state index >= 15 is 0 Å². The number of aromatic carboxylic acids is 1. The molecule has 0 saturated heterocycles. The lowest BCUT2D eigenvalue weighted by molar-refractivity contribution is 0.0692. The monoisotopic (exact) mass is 484 g/mol. The molecule has 1 N–H and O–H groups in total. The zero-order valence-corrected chi connectivity index (χ0v) is 19.9. The zero-order chi connectivity index (χ0) is 25.8. The number of carbonyl (C=O) groups is 3. The lowest BCUT2D eigenvalue weighted by Gasteiger charge is -2.23. The van der Waals surface area contributed by atoms with Crippen LogP contribution in [-0.4, -0.2) is 43.5 Å². The van der Waals surface area contributed by atoms with Crippen molar-refractivity contribution in [3.63, 3.8) is 0 Å². The third-order valence-electron chi connectivity index (χ3n) is 5.88. The first kappa shape index (κ1) is 24.5. The maximum Gasteiger partial charge on any atom is 0.340 e. The van der Waals surface area contributed by atoms with Gasteiger partial charge in [-0.3, -0.25) is 9.59 Å². The molecule has 0 fully saturated rings. The molecule has 7 heteroatoms. The molecular weight excluding hydrogens is 460 g/mol. The molecule has 1 aliphatic rings. The maximum atomic E-state index is 13.7. The number of carboxylic acid groups (broad SMARTS) is 1. The second kappa shape index (κ2) is 10.3. The molecule has 4 rings (SSSR count). The Labute approximate surface area is 208 Å². The van der Waals surface area contributed by atoms with Gasteiger partial charge >= 0.3 is 5.97 Å². The van der Waals surface area contributed by atoms with Crippen molar-refractivity contribution in [2.45, 2.75) is 6.42 Å². The van der Waals surface area contributed by atoms with Gasteiger partial charge in [-0.2, -0.15) is 0 Å². The number of fused-ring (bicyclic) bond motifs is 2. The van der Waals surface area contributed by atoms with Crippen LogP contribution in [0.15, 0.2) is 61.2 Å². The molecule has 0 amide bonds. The highest BCUT2D eigenvalue weighted by Crippen LogP contribution is 2.39. The topological polar surface area (TPSA) is 99.1 Å². The van der Waals surface area contributed by atoms with Gasteiger partial charge in [0, 0.05) is 27.8 Å². The lowest BCUT2D eigenvalue weighted by Crippen LogP contribution is -2.24. The van der Waals surface area contributed by atoms with Crippen molar-refractivity contribution in [1.82, 2.24) is 0 Å². The summed E-state index contributed by atoms with van der Waals surface area (Å²) >= 11 is 0. The average Bonchev–Trinajstić information content (AvgIpc) is 2.89. The zero-order valence-electron chi connectivity index (χ0n) is 19.9. The van der Waals surface area contributed by atoms with Gasteiger partial charge in [-0.1, -0.05) is 48.6 Å². The predicted octanol–water partition coefficient (Wildman–Crippen LogP) is 5.30. The second-order valence-electron chi connectivity index (χ2n) is 7.93. The number of ketones is 2. The third kappa shape index (κ3) is 4.27. The fourth-order valence-corrected chi connectivity index (χ4v) is 4.22. The minimum Gasteiger partial charge on any atom is -0.496 e. The fraction of sp³-hybridized carbons (Fsp3) is 0.138. The number of hydrogen-bond donors (Lipinski definition) is 1. The van der Waals surface area contributed by atoms with Crippen LogP contribution in [0.25, 0.3) is 12.2 Å². The minimum atomic E-state index is -1.30. The van der Waals surface area contributed by atoms with Gasteiger partial charge in [0.1, 0.15) is 22.8 Å². The highest BCUT2D eigenvalue weighted by molar-refractivity contribution is 6.31. The van der Waals surface area contributed by atoms with Crippen LogP contribution in [0.3, 0.4) is 0 Å². The van der Waals surface area contributed by atoms with Crippen molar-refractivity contribution < 1.29 is 33.7 Å². The summed E-state index contributed by atoms with van der Waals surface area (Å²) in [5, 5.41) is 10.1. The van der Waals surface area contributed by atoms with Crippen LogP contribution in [0.5, 0.6) is 17.2 Å². The van der Waals surface area contributed by atoms with Crippen LogP contribution < -0.4 is 14.2 Å². The molecule has 0 spiro atoms. The minimum absolute atomic E-state index is 0.0171.